The lowest BCUT2D eigenvalue weighted by molar-refractivity contribution is -0.155. The van der Waals surface area contributed by atoms with Gasteiger partial charge in [-0.15, -0.1) is 0 Å². The van der Waals surface area contributed by atoms with Crippen molar-refractivity contribution < 1.29 is 24.2 Å². The summed E-state index contributed by atoms with van der Waals surface area (Å²) in [6.07, 6.45) is 2.16. The minimum absolute atomic E-state index is 0.321. The zero-order chi connectivity index (χ0) is 15.6. The second kappa shape index (κ2) is 5.57. The Hall–Kier alpha value is -2.34. The Labute approximate surface area is 121 Å². The van der Waals surface area contributed by atoms with Crippen LogP contribution in [0, 0.1) is 0 Å². The fraction of sp³-hybridized carbons (Fsp3) is 0.333. The molecular weight excluding hydrogens is 274 g/mol. The van der Waals surface area contributed by atoms with E-state index in [2.05, 4.69) is 5.32 Å². The van der Waals surface area contributed by atoms with Gasteiger partial charge in [-0.1, -0.05) is 13.0 Å². The zero-order valence-electron chi connectivity index (χ0n) is 11.8. The molecule has 1 atom stereocenters. The number of aliphatic hydroxyl groups is 1. The quantitative estimate of drug-likeness (QED) is 0.776. The maximum absolute atomic E-state index is 12.1. The molecule has 2 rings (SSSR count). The van der Waals surface area contributed by atoms with Crippen molar-refractivity contribution in [3.05, 3.63) is 35.6 Å². The van der Waals surface area contributed by atoms with Crippen molar-refractivity contribution in [2.75, 3.05) is 6.54 Å². The molecule has 0 saturated heterocycles. The first kappa shape index (κ1) is 15.1. The fourth-order valence-electron chi connectivity index (χ4n) is 1.90. The number of furan rings is 1. The average Bonchev–Trinajstić information content (AvgIpc) is 2.87. The largest absolute Gasteiger partial charge is 0.479 e. The van der Waals surface area contributed by atoms with Crippen LogP contribution in [0.1, 0.15) is 29.8 Å². The Morgan fingerprint density at radius 2 is 2.10 bits per heavy atom. The van der Waals surface area contributed by atoms with Gasteiger partial charge < -0.3 is 19.9 Å². The molecule has 1 aromatic carbocycles. The van der Waals surface area contributed by atoms with Gasteiger partial charge in [0.15, 0.2) is 5.60 Å². The van der Waals surface area contributed by atoms with Crippen LogP contribution in [-0.4, -0.2) is 34.2 Å². The molecule has 6 heteroatoms. The van der Waals surface area contributed by atoms with Gasteiger partial charge in [0, 0.05) is 5.39 Å². The summed E-state index contributed by atoms with van der Waals surface area (Å²) in [6.45, 7) is 2.74. The molecule has 1 unspecified atom stereocenters. The van der Waals surface area contributed by atoms with Crippen molar-refractivity contribution in [2.45, 2.75) is 25.9 Å². The molecule has 3 N–H and O–H groups in total. The highest BCUT2D eigenvalue weighted by molar-refractivity contribution is 6.06. The summed E-state index contributed by atoms with van der Waals surface area (Å²) >= 11 is 0. The predicted octanol–water partition coefficient (Wildman–Crippen LogP) is 1.56. The van der Waals surface area contributed by atoms with E-state index in [4.69, 9.17) is 9.52 Å². The second-order valence-electron chi connectivity index (χ2n) is 5.10. The zero-order valence-corrected chi connectivity index (χ0v) is 11.8. The van der Waals surface area contributed by atoms with Crippen molar-refractivity contribution >= 4 is 22.8 Å². The van der Waals surface area contributed by atoms with Crippen LogP contribution in [0.3, 0.4) is 0 Å². The maximum atomic E-state index is 12.1. The molecule has 21 heavy (non-hydrogen) atoms. The molecule has 0 aliphatic rings. The van der Waals surface area contributed by atoms with Crippen molar-refractivity contribution in [1.29, 1.82) is 0 Å². The van der Waals surface area contributed by atoms with E-state index in [1.54, 1.807) is 6.07 Å². The van der Waals surface area contributed by atoms with Gasteiger partial charge in [0.2, 0.25) is 0 Å². The Morgan fingerprint density at radius 3 is 2.71 bits per heavy atom. The van der Waals surface area contributed by atoms with Crippen LogP contribution >= 0.6 is 0 Å². The van der Waals surface area contributed by atoms with Crippen LogP contribution in [0.4, 0.5) is 0 Å². The molecule has 0 saturated carbocycles. The molecular formula is C15H17NO5. The standard InChI is InChI=1S/C15H17NO5/c1-3-9-4-5-12-10(6-9)11(7-21-12)13(17)16-8-15(2,20)14(18)19/h4-7,20H,3,8H2,1-2H3,(H,16,17)(H,18,19). The van der Waals surface area contributed by atoms with Gasteiger partial charge in [-0.05, 0) is 31.0 Å². The Morgan fingerprint density at radius 1 is 1.38 bits per heavy atom. The summed E-state index contributed by atoms with van der Waals surface area (Å²) in [5.74, 6) is -1.88. The highest BCUT2D eigenvalue weighted by Gasteiger charge is 2.30. The molecule has 0 spiro atoms. The number of rotatable bonds is 5. The normalized spacial score (nSPS) is 13.9. The number of nitrogens with one attached hydrogen (secondary N) is 1. The first-order valence-corrected chi connectivity index (χ1v) is 6.59. The maximum Gasteiger partial charge on any atom is 0.337 e. The van der Waals surface area contributed by atoms with Gasteiger partial charge in [-0.25, -0.2) is 4.79 Å². The number of amides is 1. The highest BCUT2D eigenvalue weighted by Crippen LogP contribution is 2.23. The number of carbonyl (C=O) groups is 2. The number of fused-ring (bicyclic) bond motifs is 1. The smallest absolute Gasteiger partial charge is 0.337 e. The molecule has 2 aromatic rings. The van der Waals surface area contributed by atoms with Crippen LogP contribution in [0.5, 0.6) is 0 Å². The molecule has 1 aromatic heterocycles. The number of benzene rings is 1. The van der Waals surface area contributed by atoms with Gasteiger partial charge in [-0.2, -0.15) is 0 Å². The summed E-state index contributed by atoms with van der Waals surface area (Å²) in [4.78, 5) is 22.9. The van der Waals surface area contributed by atoms with E-state index in [1.807, 2.05) is 19.1 Å². The Bertz CT molecular complexity index is 686. The van der Waals surface area contributed by atoms with Crippen molar-refractivity contribution in [1.82, 2.24) is 5.32 Å². The molecule has 0 aliphatic heterocycles. The first-order valence-electron chi connectivity index (χ1n) is 6.59. The third-order valence-electron chi connectivity index (χ3n) is 3.34. The molecule has 1 amide bonds. The number of hydrogen-bond donors (Lipinski definition) is 3. The average molecular weight is 291 g/mol. The van der Waals surface area contributed by atoms with Crippen LogP contribution < -0.4 is 5.32 Å². The molecule has 0 radical (unpaired) electrons. The molecule has 0 aliphatic carbocycles. The lowest BCUT2D eigenvalue weighted by Gasteiger charge is -2.17. The lowest BCUT2D eigenvalue weighted by atomic mass is 10.1. The van der Waals surface area contributed by atoms with Crippen LogP contribution in [0.15, 0.2) is 28.9 Å². The summed E-state index contributed by atoms with van der Waals surface area (Å²) in [5, 5.41) is 21.5. The third kappa shape index (κ3) is 3.05. The third-order valence-corrected chi connectivity index (χ3v) is 3.34. The summed E-state index contributed by atoms with van der Waals surface area (Å²) in [6, 6.07) is 5.57. The Kier molecular flexibility index (Phi) is 3.99. The van der Waals surface area contributed by atoms with Crippen molar-refractivity contribution in [3.8, 4) is 0 Å². The number of carboxylic acid groups (broad SMARTS) is 1. The summed E-state index contributed by atoms with van der Waals surface area (Å²) < 4.78 is 5.31. The first-order chi connectivity index (χ1) is 9.85. The Balaban J connectivity index is 2.22. The summed E-state index contributed by atoms with van der Waals surface area (Å²) in [5.41, 5.74) is -0.0386. The molecule has 0 fully saturated rings. The van der Waals surface area contributed by atoms with E-state index in [1.165, 1.54) is 6.26 Å². The number of aryl methyl sites for hydroxylation is 1. The molecule has 0 bridgehead atoms. The topological polar surface area (TPSA) is 99.8 Å². The SMILES string of the molecule is CCc1ccc2occ(C(=O)NCC(C)(O)C(=O)O)c2c1. The van der Waals surface area contributed by atoms with E-state index < -0.39 is 17.5 Å². The van der Waals surface area contributed by atoms with E-state index in [-0.39, 0.29) is 6.54 Å². The molecule has 1 heterocycles. The summed E-state index contributed by atoms with van der Waals surface area (Å²) in [7, 11) is 0. The van der Waals surface area contributed by atoms with E-state index in [9.17, 15) is 14.7 Å². The number of carboxylic acids is 1. The van der Waals surface area contributed by atoms with Crippen LogP contribution in [0.25, 0.3) is 11.0 Å². The van der Waals surface area contributed by atoms with E-state index in [0.717, 1.165) is 18.9 Å². The van der Waals surface area contributed by atoms with Crippen molar-refractivity contribution in [3.63, 3.8) is 0 Å². The minimum atomic E-state index is -2.01. The number of hydrogen-bond acceptors (Lipinski definition) is 4. The van der Waals surface area contributed by atoms with Crippen LogP contribution in [0.2, 0.25) is 0 Å². The number of aliphatic carboxylic acids is 1. The van der Waals surface area contributed by atoms with Gasteiger partial charge in [0.1, 0.15) is 11.8 Å². The van der Waals surface area contributed by atoms with Gasteiger partial charge in [0.25, 0.3) is 5.91 Å². The fourth-order valence-corrected chi connectivity index (χ4v) is 1.90. The second-order valence-corrected chi connectivity index (χ2v) is 5.10. The van der Waals surface area contributed by atoms with Crippen LogP contribution in [-0.2, 0) is 11.2 Å². The monoisotopic (exact) mass is 291 g/mol. The van der Waals surface area contributed by atoms with E-state index >= 15 is 0 Å². The van der Waals surface area contributed by atoms with Gasteiger partial charge in [-0.3, -0.25) is 4.79 Å². The van der Waals surface area contributed by atoms with Gasteiger partial charge >= 0.3 is 5.97 Å². The van der Waals surface area contributed by atoms with E-state index in [0.29, 0.717) is 16.5 Å². The predicted molar refractivity (Wildman–Crippen MR) is 76.2 cm³/mol. The highest BCUT2D eigenvalue weighted by atomic mass is 16.4. The minimum Gasteiger partial charge on any atom is -0.479 e. The number of carbonyl (C=O) groups excluding carboxylic acids is 1. The molecule has 6 nitrogen and oxygen atoms in total. The lowest BCUT2D eigenvalue weighted by Crippen LogP contribution is -2.46. The van der Waals surface area contributed by atoms with Crippen molar-refractivity contribution in [2.24, 2.45) is 0 Å². The molecule has 112 valence electrons. The van der Waals surface area contributed by atoms with Gasteiger partial charge in [0.05, 0.1) is 12.1 Å².